The van der Waals surface area contributed by atoms with Gasteiger partial charge in [0.05, 0.1) is 21.3 Å². The Labute approximate surface area is 156 Å². The Morgan fingerprint density at radius 2 is 1.72 bits per heavy atom. The second kappa shape index (κ2) is 11.1. The summed E-state index contributed by atoms with van der Waals surface area (Å²) in [4.78, 5) is 12.1. The van der Waals surface area contributed by atoms with Gasteiger partial charge in [0.1, 0.15) is 0 Å². The van der Waals surface area contributed by atoms with Crippen molar-refractivity contribution in [2.45, 2.75) is 32.2 Å². The van der Waals surface area contributed by atoms with Crippen LogP contribution in [0, 0.1) is 5.92 Å². The molecule has 0 bridgehead atoms. The largest absolute Gasteiger partial charge is 0.493 e. The molecule has 0 aromatic heterocycles. The van der Waals surface area contributed by atoms with E-state index in [0.29, 0.717) is 36.1 Å². The number of piperidine rings is 1. The molecule has 2 N–H and O–H groups in total. The van der Waals surface area contributed by atoms with Crippen molar-refractivity contribution in [3.05, 3.63) is 17.7 Å². The first-order valence-electron chi connectivity index (χ1n) is 8.44. The minimum Gasteiger partial charge on any atom is -0.493 e. The molecule has 1 saturated heterocycles. The Balaban J connectivity index is 0.00000312. The molecule has 7 heteroatoms. The first-order chi connectivity index (χ1) is 11.7. The molecule has 1 aromatic carbocycles. The lowest BCUT2D eigenvalue weighted by Gasteiger charge is -2.22. The number of carbonyl (C=O) groups excluding carboxylic acids is 1. The van der Waals surface area contributed by atoms with Gasteiger partial charge in [-0.2, -0.15) is 0 Å². The molecule has 6 nitrogen and oxygen atoms in total. The molecule has 1 aliphatic rings. The average molecular weight is 373 g/mol. The number of methoxy groups -OCH3 is 3. The zero-order valence-corrected chi connectivity index (χ0v) is 16.0. The molecule has 1 fully saturated rings. The molecule has 0 unspecified atom stereocenters. The molecular weight excluding hydrogens is 344 g/mol. The van der Waals surface area contributed by atoms with Gasteiger partial charge in [-0.25, -0.2) is 0 Å². The SMILES string of the molecule is COc1cc(CNC(=O)CCC2CCNCC2)cc(OC)c1OC.Cl. The van der Waals surface area contributed by atoms with Crippen molar-refractivity contribution in [2.24, 2.45) is 5.92 Å². The Hall–Kier alpha value is -1.66. The number of ether oxygens (including phenoxy) is 3. The fraction of sp³-hybridized carbons (Fsp3) is 0.611. The van der Waals surface area contributed by atoms with Crippen molar-refractivity contribution in [1.82, 2.24) is 10.6 Å². The fourth-order valence-electron chi connectivity index (χ4n) is 3.03. The molecule has 1 aliphatic heterocycles. The van der Waals surface area contributed by atoms with Crippen LogP contribution in [-0.4, -0.2) is 40.3 Å². The van der Waals surface area contributed by atoms with Crippen LogP contribution in [-0.2, 0) is 11.3 Å². The van der Waals surface area contributed by atoms with E-state index in [9.17, 15) is 4.79 Å². The zero-order valence-electron chi connectivity index (χ0n) is 15.2. The minimum atomic E-state index is 0. The summed E-state index contributed by atoms with van der Waals surface area (Å²) < 4.78 is 16.0. The summed E-state index contributed by atoms with van der Waals surface area (Å²) in [6, 6.07) is 3.71. The lowest BCUT2D eigenvalue weighted by Crippen LogP contribution is -2.29. The first kappa shape index (κ1) is 21.4. The summed E-state index contributed by atoms with van der Waals surface area (Å²) in [5.41, 5.74) is 0.916. The van der Waals surface area contributed by atoms with Crippen molar-refractivity contribution in [2.75, 3.05) is 34.4 Å². The minimum absolute atomic E-state index is 0. The van der Waals surface area contributed by atoms with E-state index in [1.165, 1.54) is 12.8 Å². The summed E-state index contributed by atoms with van der Waals surface area (Å²) in [7, 11) is 4.74. The standard InChI is InChI=1S/C18H28N2O4.ClH/c1-22-15-10-14(11-16(23-2)18(15)24-3)12-20-17(21)5-4-13-6-8-19-9-7-13;/h10-11,13,19H,4-9,12H2,1-3H3,(H,20,21);1H. The van der Waals surface area contributed by atoms with Gasteiger partial charge in [0.2, 0.25) is 11.7 Å². The molecule has 1 amide bonds. The molecule has 142 valence electrons. The molecule has 0 radical (unpaired) electrons. The Morgan fingerprint density at radius 3 is 2.24 bits per heavy atom. The van der Waals surface area contributed by atoms with Crippen LogP contribution in [0.15, 0.2) is 12.1 Å². The molecular formula is C18H29ClN2O4. The Kier molecular flexibility index (Phi) is 9.45. The molecule has 2 rings (SSSR count). The number of carbonyl (C=O) groups is 1. The van der Waals surface area contributed by atoms with Crippen LogP contribution < -0.4 is 24.8 Å². The van der Waals surface area contributed by atoms with Crippen molar-refractivity contribution < 1.29 is 19.0 Å². The van der Waals surface area contributed by atoms with E-state index in [-0.39, 0.29) is 18.3 Å². The summed E-state index contributed by atoms with van der Waals surface area (Å²) >= 11 is 0. The topological polar surface area (TPSA) is 68.8 Å². The summed E-state index contributed by atoms with van der Waals surface area (Å²) in [6.07, 6.45) is 3.87. The quantitative estimate of drug-likeness (QED) is 0.734. The van der Waals surface area contributed by atoms with Crippen LogP contribution in [0.4, 0.5) is 0 Å². The molecule has 1 heterocycles. The Bertz CT molecular complexity index is 523. The monoisotopic (exact) mass is 372 g/mol. The number of hydrogen-bond acceptors (Lipinski definition) is 5. The van der Waals surface area contributed by atoms with Crippen molar-refractivity contribution >= 4 is 18.3 Å². The van der Waals surface area contributed by atoms with Crippen LogP contribution in [0.5, 0.6) is 17.2 Å². The summed E-state index contributed by atoms with van der Waals surface area (Å²) in [6.45, 7) is 2.58. The summed E-state index contributed by atoms with van der Waals surface area (Å²) in [5, 5.41) is 6.32. The van der Waals surface area contributed by atoms with E-state index in [2.05, 4.69) is 10.6 Å². The third-order valence-corrected chi connectivity index (χ3v) is 4.45. The zero-order chi connectivity index (χ0) is 17.4. The maximum atomic E-state index is 12.1. The van der Waals surface area contributed by atoms with E-state index in [4.69, 9.17) is 14.2 Å². The van der Waals surface area contributed by atoms with E-state index < -0.39 is 0 Å². The Morgan fingerprint density at radius 1 is 1.12 bits per heavy atom. The maximum Gasteiger partial charge on any atom is 0.220 e. The lowest BCUT2D eigenvalue weighted by atomic mass is 9.93. The van der Waals surface area contributed by atoms with Gasteiger partial charge in [-0.05, 0) is 56.0 Å². The molecule has 0 spiro atoms. The second-order valence-electron chi connectivity index (χ2n) is 6.04. The van der Waals surface area contributed by atoms with E-state index >= 15 is 0 Å². The van der Waals surface area contributed by atoms with Crippen LogP contribution in [0.1, 0.15) is 31.2 Å². The predicted molar refractivity (Wildman–Crippen MR) is 100 cm³/mol. The van der Waals surface area contributed by atoms with Crippen LogP contribution in [0.2, 0.25) is 0 Å². The maximum absolute atomic E-state index is 12.1. The normalized spacial score (nSPS) is 14.4. The third kappa shape index (κ3) is 6.29. The van der Waals surface area contributed by atoms with Crippen LogP contribution >= 0.6 is 12.4 Å². The van der Waals surface area contributed by atoms with Gasteiger partial charge in [0.25, 0.3) is 0 Å². The number of nitrogens with one attached hydrogen (secondary N) is 2. The highest BCUT2D eigenvalue weighted by atomic mass is 35.5. The first-order valence-corrected chi connectivity index (χ1v) is 8.44. The number of hydrogen-bond donors (Lipinski definition) is 2. The highest BCUT2D eigenvalue weighted by Gasteiger charge is 2.16. The van der Waals surface area contributed by atoms with Gasteiger partial charge in [-0.3, -0.25) is 4.79 Å². The highest BCUT2D eigenvalue weighted by Crippen LogP contribution is 2.38. The van der Waals surface area contributed by atoms with Crippen LogP contribution in [0.3, 0.4) is 0 Å². The van der Waals surface area contributed by atoms with Gasteiger partial charge < -0.3 is 24.8 Å². The number of rotatable bonds is 8. The van der Waals surface area contributed by atoms with Gasteiger partial charge in [-0.15, -0.1) is 12.4 Å². The van der Waals surface area contributed by atoms with Crippen molar-refractivity contribution in [3.8, 4) is 17.2 Å². The number of halogens is 1. The van der Waals surface area contributed by atoms with Gasteiger partial charge >= 0.3 is 0 Å². The van der Waals surface area contributed by atoms with E-state index in [1.54, 1.807) is 21.3 Å². The molecule has 0 aliphatic carbocycles. The van der Waals surface area contributed by atoms with Gasteiger partial charge in [-0.1, -0.05) is 0 Å². The number of benzene rings is 1. The van der Waals surface area contributed by atoms with Gasteiger partial charge in [0, 0.05) is 13.0 Å². The molecule has 0 atom stereocenters. The average Bonchev–Trinajstić information content (AvgIpc) is 2.64. The van der Waals surface area contributed by atoms with Gasteiger partial charge in [0.15, 0.2) is 11.5 Å². The fourth-order valence-corrected chi connectivity index (χ4v) is 3.03. The predicted octanol–water partition coefficient (Wildman–Crippen LogP) is 2.53. The van der Waals surface area contributed by atoms with Crippen molar-refractivity contribution in [3.63, 3.8) is 0 Å². The molecule has 0 saturated carbocycles. The smallest absolute Gasteiger partial charge is 0.220 e. The lowest BCUT2D eigenvalue weighted by molar-refractivity contribution is -0.121. The molecule has 25 heavy (non-hydrogen) atoms. The second-order valence-corrected chi connectivity index (χ2v) is 6.04. The summed E-state index contributed by atoms with van der Waals surface area (Å²) in [5.74, 6) is 2.49. The van der Waals surface area contributed by atoms with Crippen LogP contribution in [0.25, 0.3) is 0 Å². The highest BCUT2D eigenvalue weighted by molar-refractivity contribution is 5.85. The van der Waals surface area contributed by atoms with E-state index in [0.717, 1.165) is 25.1 Å². The van der Waals surface area contributed by atoms with Crippen molar-refractivity contribution in [1.29, 1.82) is 0 Å². The molecule has 1 aromatic rings. The number of amides is 1. The van der Waals surface area contributed by atoms with E-state index in [1.807, 2.05) is 12.1 Å². The third-order valence-electron chi connectivity index (χ3n) is 4.45.